The summed E-state index contributed by atoms with van der Waals surface area (Å²) in [5, 5.41) is 18.7. The van der Waals surface area contributed by atoms with Crippen molar-refractivity contribution in [1.82, 2.24) is 0 Å². The van der Waals surface area contributed by atoms with Crippen LogP contribution in [0.25, 0.3) is 0 Å². The summed E-state index contributed by atoms with van der Waals surface area (Å²) in [4.78, 5) is 10.9. The van der Waals surface area contributed by atoms with Gasteiger partial charge in [0.05, 0.1) is 4.47 Å². The van der Waals surface area contributed by atoms with Crippen LogP contribution in [0.1, 0.15) is 37.9 Å². The van der Waals surface area contributed by atoms with Crippen molar-refractivity contribution >= 4 is 21.9 Å². The Labute approximate surface area is 109 Å². The zero-order valence-corrected chi connectivity index (χ0v) is 11.6. The van der Waals surface area contributed by atoms with Crippen molar-refractivity contribution < 1.29 is 15.0 Å². The lowest BCUT2D eigenvalue weighted by Crippen LogP contribution is -2.22. The summed E-state index contributed by atoms with van der Waals surface area (Å²) < 4.78 is 0.455. The molecule has 5 heteroatoms. The first-order valence-corrected chi connectivity index (χ1v) is 5.95. The maximum Gasteiger partial charge on any atom is 0.325 e. The van der Waals surface area contributed by atoms with Gasteiger partial charge in [0.25, 0.3) is 0 Å². The first-order valence-electron chi connectivity index (χ1n) is 5.16. The normalized spacial score (nSPS) is 13.5. The molecule has 17 heavy (non-hydrogen) atoms. The molecule has 1 aromatic rings. The lowest BCUT2D eigenvalue weighted by molar-refractivity contribution is -0.138. The Morgan fingerprint density at radius 1 is 1.41 bits per heavy atom. The van der Waals surface area contributed by atoms with E-state index in [0.29, 0.717) is 4.47 Å². The minimum Gasteiger partial charge on any atom is -0.506 e. The molecule has 1 atom stereocenters. The molecule has 0 radical (unpaired) electrons. The highest BCUT2D eigenvalue weighted by molar-refractivity contribution is 9.10. The molecule has 0 unspecified atom stereocenters. The van der Waals surface area contributed by atoms with Gasteiger partial charge in [0, 0.05) is 5.56 Å². The fraction of sp³-hybridized carbons (Fsp3) is 0.417. The number of rotatable bonds is 2. The molecule has 0 fully saturated rings. The predicted molar refractivity (Wildman–Crippen MR) is 69.1 cm³/mol. The number of aliphatic carboxylic acids is 1. The largest absolute Gasteiger partial charge is 0.506 e. The van der Waals surface area contributed by atoms with Crippen molar-refractivity contribution in [3.63, 3.8) is 0 Å². The molecule has 0 aliphatic rings. The summed E-state index contributed by atoms with van der Waals surface area (Å²) in [6, 6.07) is 2.18. The Balaban J connectivity index is 3.40. The molecular weight excluding hydrogens is 286 g/mol. The summed E-state index contributed by atoms with van der Waals surface area (Å²) in [6.45, 7) is 6.01. The van der Waals surface area contributed by atoms with E-state index >= 15 is 0 Å². The Kier molecular flexibility index (Phi) is 3.84. The summed E-state index contributed by atoms with van der Waals surface area (Å²) in [6.07, 6.45) is 0. The Bertz CT molecular complexity index is 452. The minimum atomic E-state index is -1.23. The molecule has 0 bridgehead atoms. The zero-order chi connectivity index (χ0) is 13.4. The number of carbonyl (C=O) groups is 1. The van der Waals surface area contributed by atoms with Gasteiger partial charge >= 0.3 is 5.97 Å². The smallest absolute Gasteiger partial charge is 0.325 e. The van der Waals surface area contributed by atoms with E-state index in [1.807, 2.05) is 20.8 Å². The highest BCUT2D eigenvalue weighted by Crippen LogP contribution is 2.36. The average Bonchev–Trinajstić information content (AvgIpc) is 2.19. The number of carboxylic acids is 1. The zero-order valence-electron chi connectivity index (χ0n) is 9.99. The lowest BCUT2D eigenvalue weighted by Gasteiger charge is -2.22. The molecule has 0 saturated heterocycles. The van der Waals surface area contributed by atoms with Crippen LogP contribution >= 0.6 is 15.9 Å². The van der Waals surface area contributed by atoms with Gasteiger partial charge in [-0.25, -0.2) is 0 Å². The number of phenolic OH excluding ortho intramolecular Hbond substituents is 1. The minimum absolute atomic E-state index is 0.118. The Morgan fingerprint density at radius 2 is 1.94 bits per heavy atom. The maximum absolute atomic E-state index is 10.9. The van der Waals surface area contributed by atoms with Crippen molar-refractivity contribution in [2.75, 3.05) is 0 Å². The van der Waals surface area contributed by atoms with Crippen LogP contribution in [0, 0.1) is 0 Å². The number of hydrogen-bond acceptors (Lipinski definition) is 3. The molecule has 0 amide bonds. The lowest BCUT2D eigenvalue weighted by atomic mass is 9.85. The van der Waals surface area contributed by atoms with Gasteiger partial charge in [0.15, 0.2) is 0 Å². The van der Waals surface area contributed by atoms with Gasteiger partial charge in [-0.15, -0.1) is 0 Å². The van der Waals surface area contributed by atoms with E-state index in [9.17, 15) is 9.90 Å². The second-order valence-corrected chi connectivity index (χ2v) is 5.82. The molecular formula is C12H16BrNO3. The van der Waals surface area contributed by atoms with Crippen LogP contribution in [0.3, 0.4) is 0 Å². The third-order valence-corrected chi connectivity index (χ3v) is 3.16. The van der Waals surface area contributed by atoms with E-state index in [1.165, 1.54) is 0 Å². The van der Waals surface area contributed by atoms with E-state index < -0.39 is 12.0 Å². The van der Waals surface area contributed by atoms with Crippen molar-refractivity contribution in [3.8, 4) is 5.75 Å². The van der Waals surface area contributed by atoms with Crippen LogP contribution in [0.2, 0.25) is 0 Å². The summed E-state index contributed by atoms with van der Waals surface area (Å²) in [7, 11) is 0. The average molecular weight is 302 g/mol. The van der Waals surface area contributed by atoms with Crippen molar-refractivity contribution in [3.05, 3.63) is 27.7 Å². The van der Waals surface area contributed by atoms with Gasteiger partial charge in [-0.2, -0.15) is 0 Å². The third-order valence-electron chi connectivity index (χ3n) is 2.56. The van der Waals surface area contributed by atoms with Gasteiger partial charge < -0.3 is 15.9 Å². The van der Waals surface area contributed by atoms with E-state index in [2.05, 4.69) is 15.9 Å². The van der Waals surface area contributed by atoms with Gasteiger partial charge in [-0.3, -0.25) is 4.79 Å². The van der Waals surface area contributed by atoms with E-state index in [4.69, 9.17) is 10.8 Å². The first-order chi connectivity index (χ1) is 7.64. The maximum atomic E-state index is 10.9. The molecule has 0 aliphatic carbocycles. The van der Waals surface area contributed by atoms with Crippen molar-refractivity contribution in [1.29, 1.82) is 0 Å². The number of nitrogens with two attached hydrogens (primary N) is 1. The number of phenols is 1. The molecule has 94 valence electrons. The van der Waals surface area contributed by atoms with Crippen molar-refractivity contribution in [2.24, 2.45) is 5.73 Å². The molecule has 0 aromatic heterocycles. The molecule has 1 rings (SSSR count). The second-order valence-electron chi connectivity index (χ2n) is 4.96. The topological polar surface area (TPSA) is 83.5 Å². The number of hydrogen-bond donors (Lipinski definition) is 3. The summed E-state index contributed by atoms with van der Waals surface area (Å²) >= 11 is 3.21. The molecule has 0 heterocycles. The van der Waals surface area contributed by atoms with Crippen LogP contribution in [0.4, 0.5) is 0 Å². The highest BCUT2D eigenvalue weighted by Gasteiger charge is 2.23. The van der Waals surface area contributed by atoms with Gasteiger partial charge in [-0.05, 0) is 39.0 Å². The van der Waals surface area contributed by atoms with Crippen LogP contribution in [0.5, 0.6) is 5.75 Å². The van der Waals surface area contributed by atoms with E-state index in [-0.39, 0.29) is 16.7 Å². The fourth-order valence-corrected chi connectivity index (χ4v) is 1.90. The second kappa shape index (κ2) is 4.66. The van der Waals surface area contributed by atoms with Gasteiger partial charge in [0.1, 0.15) is 11.8 Å². The van der Waals surface area contributed by atoms with E-state index in [0.717, 1.165) is 5.56 Å². The van der Waals surface area contributed by atoms with Crippen molar-refractivity contribution in [2.45, 2.75) is 32.2 Å². The third kappa shape index (κ3) is 2.98. The Hall–Kier alpha value is -1.07. The molecule has 0 saturated carbocycles. The van der Waals surface area contributed by atoms with Gasteiger partial charge in [-0.1, -0.05) is 20.8 Å². The number of benzene rings is 1. The van der Waals surface area contributed by atoms with Gasteiger partial charge in [0.2, 0.25) is 0 Å². The van der Waals surface area contributed by atoms with Crippen LogP contribution < -0.4 is 5.73 Å². The highest BCUT2D eigenvalue weighted by atomic mass is 79.9. The Morgan fingerprint density at radius 3 is 2.35 bits per heavy atom. The van der Waals surface area contributed by atoms with Crippen LogP contribution in [0.15, 0.2) is 16.6 Å². The molecule has 0 aliphatic heterocycles. The quantitative estimate of drug-likeness (QED) is 0.784. The summed E-state index contributed by atoms with van der Waals surface area (Å²) in [5.41, 5.74) is 6.52. The predicted octanol–water partition coefficient (Wildman–Crippen LogP) is 2.54. The molecule has 1 aromatic carbocycles. The first kappa shape index (κ1) is 14.0. The molecule has 4 N–H and O–H groups in total. The van der Waals surface area contributed by atoms with Crippen LogP contribution in [-0.2, 0) is 10.2 Å². The number of aromatic hydroxyl groups is 1. The number of carboxylic acid groups (broad SMARTS) is 1. The van der Waals surface area contributed by atoms with E-state index in [1.54, 1.807) is 12.1 Å². The SMILES string of the molecule is CC(C)(C)c1cc(Br)c(O)c([C@H](N)C(=O)O)c1. The standard InChI is InChI=1S/C12H16BrNO3/c1-12(2,3)6-4-7(9(14)11(16)17)10(15)8(13)5-6/h4-5,9,15H,14H2,1-3H3,(H,16,17)/t9-/m0/s1. The summed E-state index contributed by atoms with van der Waals surface area (Å²) in [5.74, 6) is -1.29. The monoisotopic (exact) mass is 301 g/mol. The van der Waals surface area contributed by atoms with Crippen LogP contribution in [-0.4, -0.2) is 16.2 Å². The fourth-order valence-electron chi connectivity index (χ4n) is 1.42. The molecule has 0 spiro atoms. The number of halogens is 1. The molecule has 4 nitrogen and oxygen atoms in total.